The molecule has 7 heteroatoms. The summed E-state index contributed by atoms with van der Waals surface area (Å²) < 4.78 is 3.60. The van der Waals surface area contributed by atoms with Crippen LogP contribution >= 0.6 is 0 Å². The van der Waals surface area contributed by atoms with E-state index in [1.165, 1.54) is 0 Å². The predicted molar refractivity (Wildman–Crippen MR) is 102 cm³/mol. The van der Waals surface area contributed by atoms with Gasteiger partial charge in [0, 0.05) is 31.1 Å². The molecule has 0 aliphatic heterocycles. The second-order valence-electron chi connectivity index (χ2n) is 7.42. The molecule has 0 fully saturated rings. The van der Waals surface area contributed by atoms with Gasteiger partial charge in [-0.2, -0.15) is 10.2 Å². The van der Waals surface area contributed by atoms with E-state index in [0.29, 0.717) is 18.2 Å². The first-order chi connectivity index (χ1) is 12.4. The third-order valence-corrected chi connectivity index (χ3v) is 3.59. The molecular formula is C19H24N6O. The van der Waals surface area contributed by atoms with Gasteiger partial charge < -0.3 is 0 Å². The standard InChI is InChI=1S/C19H24N6O/c1-19(2,3)14-25-12-10-17(23-25)21-18(26)20-16-9-11-24(22-16)13-15-7-5-4-6-8-15/h4-12H,13-14H2,1-3H3,(H2,20,21,22,23,26). The number of nitrogens with zero attached hydrogens (tertiary/aromatic N) is 4. The Kier molecular flexibility index (Phi) is 5.06. The van der Waals surface area contributed by atoms with E-state index in [0.717, 1.165) is 12.1 Å². The van der Waals surface area contributed by atoms with Crippen LogP contribution < -0.4 is 10.6 Å². The summed E-state index contributed by atoms with van der Waals surface area (Å²) >= 11 is 0. The van der Waals surface area contributed by atoms with Crippen molar-refractivity contribution in [1.82, 2.24) is 19.6 Å². The molecule has 0 atom stereocenters. The van der Waals surface area contributed by atoms with Crippen molar-refractivity contribution in [2.45, 2.75) is 33.9 Å². The summed E-state index contributed by atoms with van der Waals surface area (Å²) in [5.74, 6) is 1.00. The summed E-state index contributed by atoms with van der Waals surface area (Å²) in [7, 11) is 0. The van der Waals surface area contributed by atoms with Gasteiger partial charge in [-0.05, 0) is 11.0 Å². The summed E-state index contributed by atoms with van der Waals surface area (Å²) in [6.07, 6.45) is 3.69. The number of carbonyl (C=O) groups is 1. The van der Waals surface area contributed by atoms with Gasteiger partial charge in [0.2, 0.25) is 0 Å². The van der Waals surface area contributed by atoms with Gasteiger partial charge in [-0.15, -0.1) is 0 Å². The van der Waals surface area contributed by atoms with Gasteiger partial charge >= 0.3 is 6.03 Å². The highest BCUT2D eigenvalue weighted by molar-refractivity contribution is 5.98. The van der Waals surface area contributed by atoms with E-state index >= 15 is 0 Å². The molecular weight excluding hydrogens is 328 g/mol. The fourth-order valence-electron chi connectivity index (χ4n) is 2.55. The molecule has 0 unspecified atom stereocenters. The minimum Gasteiger partial charge on any atom is -0.291 e. The molecule has 0 spiro atoms. The zero-order valence-electron chi connectivity index (χ0n) is 15.3. The Morgan fingerprint density at radius 1 is 0.923 bits per heavy atom. The fourth-order valence-corrected chi connectivity index (χ4v) is 2.55. The number of hydrogen-bond acceptors (Lipinski definition) is 3. The quantitative estimate of drug-likeness (QED) is 0.733. The lowest BCUT2D eigenvalue weighted by atomic mass is 9.97. The van der Waals surface area contributed by atoms with Crippen LogP contribution in [0, 0.1) is 5.41 Å². The van der Waals surface area contributed by atoms with Crippen LogP contribution in [-0.2, 0) is 13.1 Å². The summed E-state index contributed by atoms with van der Waals surface area (Å²) in [4.78, 5) is 12.1. The molecule has 3 aromatic rings. The minimum absolute atomic E-state index is 0.122. The van der Waals surface area contributed by atoms with Crippen LogP contribution in [0.2, 0.25) is 0 Å². The molecule has 2 aromatic heterocycles. The average Bonchev–Trinajstić information content (AvgIpc) is 3.16. The largest absolute Gasteiger partial charge is 0.326 e. The molecule has 136 valence electrons. The van der Waals surface area contributed by atoms with E-state index in [9.17, 15) is 4.79 Å². The van der Waals surface area contributed by atoms with Crippen molar-refractivity contribution in [2.75, 3.05) is 10.6 Å². The molecule has 0 bridgehead atoms. The van der Waals surface area contributed by atoms with Crippen LogP contribution in [0.4, 0.5) is 16.4 Å². The average molecular weight is 352 g/mol. The highest BCUT2D eigenvalue weighted by Crippen LogP contribution is 2.16. The van der Waals surface area contributed by atoms with Crippen molar-refractivity contribution >= 4 is 17.7 Å². The van der Waals surface area contributed by atoms with Crippen LogP contribution in [0.25, 0.3) is 0 Å². The zero-order chi connectivity index (χ0) is 18.6. The Balaban J connectivity index is 1.54. The lowest BCUT2D eigenvalue weighted by molar-refractivity contribution is 0.262. The molecule has 0 aliphatic carbocycles. The Morgan fingerprint density at radius 2 is 1.50 bits per heavy atom. The SMILES string of the molecule is CC(C)(C)Cn1ccc(NC(=O)Nc2ccn(Cc3ccccc3)n2)n1. The third kappa shape index (κ3) is 5.20. The maximum Gasteiger partial charge on any atom is 0.326 e. The van der Waals surface area contributed by atoms with Crippen molar-refractivity contribution in [3.8, 4) is 0 Å². The maximum atomic E-state index is 12.1. The van der Waals surface area contributed by atoms with E-state index in [2.05, 4.69) is 41.6 Å². The number of nitrogens with one attached hydrogen (secondary N) is 2. The molecule has 1 aromatic carbocycles. The number of carbonyl (C=O) groups excluding carboxylic acids is 1. The molecule has 2 heterocycles. The normalized spacial score (nSPS) is 11.3. The van der Waals surface area contributed by atoms with Gasteiger partial charge in [0.25, 0.3) is 0 Å². The van der Waals surface area contributed by atoms with E-state index in [-0.39, 0.29) is 11.4 Å². The van der Waals surface area contributed by atoms with Crippen LogP contribution in [-0.4, -0.2) is 25.6 Å². The van der Waals surface area contributed by atoms with E-state index in [1.807, 2.05) is 47.4 Å². The van der Waals surface area contributed by atoms with Crippen molar-refractivity contribution in [3.05, 3.63) is 60.4 Å². The van der Waals surface area contributed by atoms with Crippen molar-refractivity contribution in [1.29, 1.82) is 0 Å². The summed E-state index contributed by atoms with van der Waals surface area (Å²) in [5.41, 5.74) is 1.27. The fraction of sp³-hybridized carbons (Fsp3) is 0.316. The number of hydrogen-bond donors (Lipinski definition) is 2. The van der Waals surface area contributed by atoms with E-state index in [4.69, 9.17) is 0 Å². The maximum absolute atomic E-state index is 12.1. The number of anilines is 2. The van der Waals surface area contributed by atoms with Gasteiger partial charge in [-0.1, -0.05) is 51.1 Å². The van der Waals surface area contributed by atoms with Crippen molar-refractivity contribution in [3.63, 3.8) is 0 Å². The van der Waals surface area contributed by atoms with Crippen molar-refractivity contribution < 1.29 is 4.79 Å². The van der Waals surface area contributed by atoms with Gasteiger partial charge in [0.1, 0.15) is 0 Å². The Morgan fingerprint density at radius 3 is 2.12 bits per heavy atom. The topological polar surface area (TPSA) is 76.8 Å². The van der Waals surface area contributed by atoms with E-state index in [1.54, 1.807) is 16.8 Å². The minimum atomic E-state index is -0.365. The molecule has 2 amide bonds. The van der Waals surface area contributed by atoms with Gasteiger partial charge in [0.15, 0.2) is 11.6 Å². The number of rotatable bonds is 5. The first-order valence-electron chi connectivity index (χ1n) is 8.56. The highest BCUT2D eigenvalue weighted by Gasteiger charge is 2.13. The lowest BCUT2D eigenvalue weighted by Gasteiger charge is -2.17. The molecule has 0 saturated carbocycles. The summed E-state index contributed by atoms with van der Waals surface area (Å²) in [6, 6.07) is 13.2. The first kappa shape index (κ1) is 17.7. The second-order valence-corrected chi connectivity index (χ2v) is 7.42. The Bertz CT molecular complexity index is 860. The molecule has 0 radical (unpaired) electrons. The molecule has 7 nitrogen and oxygen atoms in total. The molecule has 26 heavy (non-hydrogen) atoms. The Hall–Kier alpha value is -3.09. The molecule has 3 rings (SSSR count). The van der Waals surface area contributed by atoms with Crippen LogP contribution in [0.3, 0.4) is 0 Å². The number of aromatic nitrogens is 4. The van der Waals surface area contributed by atoms with Crippen LogP contribution in [0.5, 0.6) is 0 Å². The number of amides is 2. The summed E-state index contributed by atoms with van der Waals surface area (Å²) in [6.45, 7) is 7.85. The third-order valence-electron chi connectivity index (χ3n) is 3.59. The van der Waals surface area contributed by atoms with Gasteiger partial charge in [0.05, 0.1) is 6.54 Å². The van der Waals surface area contributed by atoms with Gasteiger partial charge in [-0.25, -0.2) is 4.79 Å². The molecule has 0 saturated heterocycles. The van der Waals surface area contributed by atoms with Crippen LogP contribution in [0.15, 0.2) is 54.9 Å². The smallest absolute Gasteiger partial charge is 0.291 e. The van der Waals surface area contributed by atoms with Gasteiger partial charge in [-0.3, -0.25) is 20.0 Å². The molecule has 0 aliphatic rings. The number of benzene rings is 1. The zero-order valence-corrected chi connectivity index (χ0v) is 15.3. The first-order valence-corrected chi connectivity index (χ1v) is 8.56. The number of urea groups is 1. The summed E-state index contributed by atoms with van der Waals surface area (Å²) in [5, 5.41) is 14.2. The lowest BCUT2D eigenvalue weighted by Crippen LogP contribution is -2.21. The van der Waals surface area contributed by atoms with Crippen molar-refractivity contribution in [2.24, 2.45) is 5.41 Å². The monoisotopic (exact) mass is 352 g/mol. The highest BCUT2D eigenvalue weighted by atomic mass is 16.2. The van der Waals surface area contributed by atoms with E-state index < -0.39 is 0 Å². The molecule has 2 N–H and O–H groups in total. The second kappa shape index (κ2) is 7.43. The Labute approximate surface area is 153 Å². The van der Waals surface area contributed by atoms with Crippen LogP contribution in [0.1, 0.15) is 26.3 Å². The predicted octanol–water partition coefficient (Wildman–Crippen LogP) is 3.82.